The van der Waals surface area contributed by atoms with Gasteiger partial charge in [-0.05, 0) is 52.6 Å². The number of hydrogen-bond acceptors (Lipinski definition) is 2. The minimum absolute atomic E-state index is 0.0703. The molecule has 42 heavy (non-hydrogen) atoms. The van der Waals surface area contributed by atoms with Crippen molar-refractivity contribution in [2.45, 2.75) is 19.3 Å². The van der Waals surface area contributed by atoms with Gasteiger partial charge in [0.2, 0.25) is 0 Å². The Morgan fingerprint density at radius 2 is 1.33 bits per heavy atom. The molecule has 3 heterocycles. The van der Waals surface area contributed by atoms with E-state index in [0.717, 1.165) is 11.2 Å². The number of para-hydroxylation sites is 2. The fourth-order valence-corrected chi connectivity index (χ4v) is 8.91. The van der Waals surface area contributed by atoms with Crippen molar-refractivity contribution in [1.29, 1.82) is 0 Å². The Kier molecular flexibility index (Phi) is 4.18. The molecular formula is C39H25NOS. The molecule has 0 radical (unpaired) electrons. The Morgan fingerprint density at radius 3 is 2.24 bits per heavy atom. The first-order valence-corrected chi connectivity index (χ1v) is 15.4. The summed E-state index contributed by atoms with van der Waals surface area (Å²) in [6.45, 7) is 4.72. The predicted molar refractivity (Wildman–Crippen MR) is 179 cm³/mol. The lowest BCUT2D eigenvalue weighted by Gasteiger charge is -2.22. The fourth-order valence-electron chi connectivity index (χ4n) is 7.72. The van der Waals surface area contributed by atoms with Crippen LogP contribution in [0.15, 0.2) is 120 Å². The summed E-state index contributed by atoms with van der Waals surface area (Å²) in [5, 5.41) is 7.46. The molecule has 0 amide bonds. The summed E-state index contributed by atoms with van der Waals surface area (Å²) in [5.74, 6) is 0. The minimum Gasteiger partial charge on any atom is -0.455 e. The van der Waals surface area contributed by atoms with Crippen molar-refractivity contribution in [2.75, 3.05) is 0 Å². The standard InChI is InChI=1S/C39H25NOS/c1-39(2)28-15-7-3-11-23(28)24-20-19-22(21-29(24)39)40-30-16-8-4-12-25(30)33-34-26-13-5-9-17-31(26)41-37(34)38-35(36(33)40)27-14-6-10-18-32(27)42-38/h3-21H,1-2H3. The van der Waals surface area contributed by atoms with Crippen molar-refractivity contribution in [1.82, 2.24) is 4.57 Å². The Labute approximate surface area is 246 Å². The third kappa shape index (κ3) is 2.66. The average molecular weight is 556 g/mol. The van der Waals surface area contributed by atoms with Crippen LogP contribution in [-0.4, -0.2) is 4.57 Å². The number of furan rings is 1. The molecule has 1 aliphatic carbocycles. The van der Waals surface area contributed by atoms with Crippen molar-refractivity contribution < 1.29 is 4.42 Å². The Balaban J connectivity index is 1.45. The van der Waals surface area contributed by atoms with Crippen LogP contribution in [0.25, 0.3) is 80.7 Å². The molecule has 2 nitrogen and oxygen atoms in total. The van der Waals surface area contributed by atoms with Crippen LogP contribution < -0.4 is 0 Å². The maximum atomic E-state index is 6.69. The maximum Gasteiger partial charge on any atom is 0.154 e. The van der Waals surface area contributed by atoms with E-state index in [1.54, 1.807) is 0 Å². The van der Waals surface area contributed by atoms with Crippen LogP contribution in [0.1, 0.15) is 25.0 Å². The highest BCUT2D eigenvalue weighted by Crippen LogP contribution is 2.52. The van der Waals surface area contributed by atoms with E-state index in [1.807, 2.05) is 11.3 Å². The highest BCUT2D eigenvalue weighted by molar-refractivity contribution is 7.26. The van der Waals surface area contributed by atoms with E-state index in [4.69, 9.17) is 4.42 Å². The lowest BCUT2D eigenvalue weighted by molar-refractivity contribution is 0.660. The quantitative estimate of drug-likeness (QED) is 0.197. The number of aromatic nitrogens is 1. The minimum atomic E-state index is -0.0703. The molecule has 3 aromatic heterocycles. The molecule has 0 saturated heterocycles. The summed E-state index contributed by atoms with van der Waals surface area (Å²) in [5.41, 5.74) is 11.0. The Bertz CT molecular complexity index is 2610. The molecule has 0 N–H and O–H groups in total. The van der Waals surface area contributed by atoms with Crippen molar-refractivity contribution >= 4 is 75.3 Å². The van der Waals surface area contributed by atoms with Gasteiger partial charge in [0.1, 0.15) is 5.58 Å². The van der Waals surface area contributed by atoms with Crippen LogP contribution in [0, 0.1) is 0 Å². The molecule has 3 heteroatoms. The molecule has 6 aromatic carbocycles. The van der Waals surface area contributed by atoms with E-state index < -0.39 is 0 Å². The van der Waals surface area contributed by atoms with Crippen LogP contribution in [0.2, 0.25) is 0 Å². The van der Waals surface area contributed by atoms with Crippen LogP contribution in [0.4, 0.5) is 0 Å². The maximum absolute atomic E-state index is 6.69. The number of nitrogens with zero attached hydrogens (tertiary/aromatic N) is 1. The Morgan fingerprint density at radius 1 is 0.619 bits per heavy atom. The molecule has 0 fully saturated rings. The van der Waals surface area contributed by atoms with Gasteiger partial charge >= 0.3 is 0 Å². The topological polar surface area (TPSA) is 18.1 Å². The van der Waals surface area contributed by atoms with Gasteiger partial charge in [0.25, 0.3) is 0 Å². The molecule has 0 unspecified atom stereocenters. The van der Waals surface area contributed by atoms with Gasteiger partial charge in [-0.2, -0.15) is 0 Å². The number of rotatable bonds is 1. The lowest BCUT2D eigenvalue weighted by atomic mass is 9.82. The van der Waals surface area contributed by atoms with E-state index >= 15 is 0 Å². The number of fused-ring (bicyclic) bond motifs is 15. The molecule has 9 aromatic rings. The molecular weight excluding hydrogens is 531 g/mol. The lowest BCUT2D eigenvalue weighted by Crippen LogP contribution is -2.15. The van der Waals surface area contributed by atoms with Crippen molar-refractivity contribution in [3.05, 3.63) is 126 Å². The highest BCUT2D eigenvalue weighted by atomic mass is 32.1. The molecule has 198 valence electrons. The third-order valence-corrected chi connectivity index (χ3v) is 10.8. The first kappa shape index (κ1) is 22.8. The second-order valence-corrected chi connectivity index (χ2v) is 13.1. The molecule has 0 saturated carbocycles. The summed E-state index contributed by atoms with van der Waals surface area (Å²) < 4.78 is 11.7. The second-order valence-electron chi connectivity index (χ2n) is 12.1. The van der Waals surface area contributed by atoms with Crippen molar-refractivity contribution in [3.63, 3.8) is 0 Å². The Hall–Kier alpha value is -4.86. The highest BCUT2D eigenvalue weighted by Gasteiger charge is 2.35. The summed E-state index contributed by atoms with van der Waals surface area (Å²) in [7, 11) is 0. The van der Waals surface area contributed by atoms with E-state index in [0.29, 0.717) is 0 Å². The SMILES string of the molecule is CC1(C)c2ccccc2-c2ccc(-n3c4ccccc4c4c5c6ccccc6oc5c5sc6ccccc6c5c43)cc21. The van der Waals surface area contributed by atoms with Crippen molar-refractivity contribution in [2.24, 2.45) is 0 Å². The zero-order valence-electron chi connectivity index (χ0n) is 23.2. The summed E-state index contributed by atoms with van der Waals surface area (Å²) in [6.07, 6.45) is 0. The summed E-state index contributed by atoms with van der Waals surface area (Å²) >= 11 is 1.84. The first-order valence-electron chi connectivity index (χ1n) is 14.5. The van der Waals surface area contributed by atoms with Gasteiger partial charge in [-0.3, -0.25) is 0 Å². The van der Waals surface area contributed by atoms with Gasteiger partial charge in [-0.15, -0.1) is 11.3 Å². The predicted octanol–water partition coefficient (Wildman–Crippen LogP) is 11.4. The fraction of sp³-hybridized carbons (Fsp3) is 0.0769. The average Bonchev–Trinajstić information content (AvgIpc) is 3.74. The third-order valence-electron chi connectivity index (χ3n) is 9.58. The van der Waals surface area contributed by atoms with Gasteiger partial charge in [-0.1, -0.05) is 98.8 Å². The smallest absolute Gasteiger partial charge is 0.154 e. The van der Waals surface area contributed by atoms with Crippen LogP contribution >= 0.6 is 11.3 Å². The van der Waals surface area contributed by atoms with Gasteiger partial charge in [0, 0.05) is 48.1 Å². The molecule has 0 bridgehead atoms. The molecule has 1 aliphatic rings. The van der Waals surface area contributed by atoms with E-state index in [9.17, 15) is 0 Å². The summed E-state index contributed by atoms with van der Waals surface area (Å²) in [6, 6.07) is 42.2. The van der Waals surface area contributed by atoms with Crippen LogP contribution in [0.5, 0.6) is 0 Å². The number of thiophene rings is 1. The van der Waals surface area contributed by atoms with Crippen LogP contribution in [0.3, 0.4) is 0 Å². The number of hydrogen-bond donors (Lipinski definition) is 0. The summed E-state index contributed by atoms with van der Waals surface area (Å²) in [4.78, 5) is 0. The second kappa shape index (κ2) is 7.70. The molecule has 0 aliphatic heterocycles. The number of benzene rings is 6. The van der Waals surface area contributed by atoms with Gasteiger partial charge in [0.15, 0.2) is 5.58 Å². The monoisotopic (exact) mass is 555 g/mol. The first-order chi connectivity index (χ1) is 20.6. The molecule has 0 spiro atoms. The van der Waals surface area contributed by atoms with Gasteiger partial charge in [-0.25, -0.2) is 0 Å². The van der Waals surface area contributed by atoms with Gasteiger partial charge < -0.3 is 8.98 Å². The van der Waals surface area contributed by atoms with E-state index in [2.05, 4.69) is 134 Å². The largest absolute Gasteiger partial charge is 0.455 e. The van der Waals surface area contributed by atoms with Gasteiger partial charge in [0.05, 0.1) is 15.7 Å². The van der Waals surface area contributed by atoms with Crippen LogP contribution in [-0.2, 0) is 5.41 Å². The van der Waals surface area contributed by atoms with Crippen molar-refractivity contribution in [3.8, 4) is 16.8 Å². The molecule has 10 rings (SSSR count). The zero-order chi connectivity index (χ0) is 27.7. The normalized spacial score (nSPS) is 14.1. The van der Waals surface area contributed by atoms with E-state index in [-0.39, 0.29) is 5.41 Å². The molecule has 0 atom stereocenters. The van der Waals surface area contributed by atoms with E-state index in [1.165, 1.54) is 80.7 Å². The zero-order valence-corrected chi connectivity index (χ0v) is 24.0.